The Kier molecular flexibility index (Phi) is 7.16. The van der Waals surface area contributed by atoms with E-state index in [1.807, 2.05) is 30.3 Å². The third kappa shape index (κ3) is 6.39. The fourth-order valence-corrected chi connectivity index (χ4v) is 2.53. The predicted molar refractivity (Wildman–Crippen MR) is 101 cm³/mol. The molecule has 0 radical (unpaired) electrons. The van der Waals surface area contributed by atoms with Crippen molar-refractivity contribution in [1.82, 2.24) is 5.43 Å². The minimum absolute atomic E-state index is 0.0579. The number of carbonyl (C=O) groups excluding carboxylic acids is 2. The lowest BCUT2D eigenvalue weighted by molar-refractivity contribution is -0.124. The van der Waals surface area contributed by atoms with Crippen LogP contribution >= 0.6 is 15.9 Å². The van der Waals surface area contributed by atoms with Crippen molar-refractivity contribution < 1.29 is 14.3 Å². The third-order valence-corrected chi connectivity index (χ3v) is 3.84. The van der Waals surface area contributed by atoms with E-state index in [4.69, 9.17) is 4.74 Å². The second-order valence-corrected chi connectivity index (χ2v) is 5.96. The first kappa shape index (κ1) is 18.7. The molecule has 0 atom stereocenters. The summed E-state index contributed by atoms with van der Waals surface area (Å²) in [5, 5.41) is 6.60. The fraction of sp³-hybridized carbons (Fsp3) is 0.167. The molecule has 7 heteroatoms. The van der Waals surface area contributed by atoms with Gasteiger partial charge in [-0.25, -0.2) is 5.43 Å². The Hall–Kier alpha value is -2.67. The van der Waals surface area contributed by atoms with E-state index in [1.165, 1.54) is 6.21 Å². The van der Waals surface area contributed by atoms with Gasteiger partial charge in [0.05, 0.1) is 17.8 Å². The van der Waals surface area contributed by atoms with Gasteiger partial charge in [-0.2, -0.15) is 5.10 Å². The van der Waals surface area contributed by atoms with Gasteiger partial charge < -0.3 is 10.1 Å². The molecule has 2 aromatic rings. The number of hydrogen-bond donors (Lipinski definition) is 2. The number of nitrogens with one attached hydrogen (secondary N) is 2. The lowest BCUT2D eigenvalue weighted by Crippen LogP contribution is -2.20. The van der Waals surface area contributed by atoms with Gasteiger partial charge in [-0.05, 0) is 51.8 Å². The second kappa shape index (κ2) is 9.58. The normalized spacial score (nSPS) is 10.5. The van der Waals surface area contributed by atoms with E-state index >= 15 is 0 Å². The number of anilines is 1. The van der Waals surface area contributed by atoms with Gasteiger partial charge in [-0.3, -0.25) is 9.59 Å². The summed E-state index contributed by atoms with van der Waals surface area (Å²) in [4.78, 5) is 23.5. The molecule has 0 spiro atoms. The zero-order valence-corrected chi connectivity index (χ0v) is 15.2. The number of para-hydroxylation sites is 1. The van der Waals surface area contributed by atoms with Gasteiger partial charge in [0, 0.05) is 18.5 Å². The predicted octanol–water partition coefficient (Wildman–Crippen LogP) is 3.33. The van der Waals surface area contributed by atoms with Crippen molar-refractivity contribution in [3.63, 3.8) is 0 Å². The van der Waals surface area contributed by atoms with Crippen molar-refractivity contribution in [1.29, 1.82) is 0 Å². The van der Waals surface area contributed by atoms with Crippen LogP contribution in [-0.4, -0.2) is 25.1 Å². The number of hydrogen-bond acceptors (Lipinski definition) is 4. The molecule has 2 amide bonds. The number of halogens is 1. The van der Waals surface area contributed by atoms with Crippen molar-refractivity contribution in [2.45, 2.75) is 12.8 Å². The maximum absolute atomic E-state index is 11.8. The third-order valence-electron chi connectivity index (χ3n) is 3.22. The summed E-state index contributed by atoms with van der Waals surface area (Å²) in [5.41, 5.74) is 3.91. The molecule has 130 valence electrons. The summed E-state index contributed by atoms with van der Waals surface area (Å²) in [6.07, 6.45) is 1.67. The first-order valence-corrected chi connectivity index (χ1v) is 8.38. The summed E-state index contributed by atoms with van der Waals surface area (Å²) in [6.45, 7) is 0. The van der Waals surface area contributed by atoms with Crippen LogP contribution in [0.25, 0.3) is 0 Å². The Labute approximate surface area is 154 Å². The zero-order valence-electron chi connectivity index (χ0n) is 13.7. The summed E-state index contributed by atoms with van der Waals surface area (Å²) < 4.78 is 5.93. The number of benzene rings is 2. The molecule has 0 saturated heterocycles. The first-order chi connectivity index (χ1) is 12.1. The fourth-order valence-electron chi connectivity index (χ4n) is 1.97. The van der Waals surface area contributed by atoms with Crippen molar-refractivity contribution in [3.05, 3.63) is 58.6 Å². The van der Waals surface area contributed by atoms with E-state index in [0.29, 0.717) is 11.4 Å². The van der Waals surface area contributed by atoms with Gasteiger partial charge in [0.25, 0.3) is 0 Å². The van der Waals surface area contributed by atoms with Crippen molar-refractivity contribution >= 4 is 39.6 Å². The Morgan fingerprint density at radius 3 is 2.52 bits per heavy atom. The van der Waals surface area contributed by atoms with Gasteiger partial charge in [-0.1, -0.05) is 18.2 Å². The molecule has 2 aromatic carbocycles. The van der Waals surface area contributed by atoms with E-state index in [2.05, 4.69) is 31.8 Å². The summed E-state index contributed by atoms with van der Waals surface area (Å²) in [5.74, 6) is 0.169. The maximum Gasteiger partial charge on any atom is 0.240 e. The quantitative estimate of drug-likeness (QED) is 0.549. The monoisotopic (exact) mass is 403 g/mol. The summed E-state index contributed by atoms with van der Waals surface area (Å²) >= 11 is 3.38. The zero-order chi connectivity index (χ0) is 18.1. The molecule has 0 aromatic heterocycles. The van der Waals surface area contributed by atoms with E-state index in [0.717, 1.165) is 10.0 Å². The Morgan fingerprint density at radius 1 is 1.12 bits per heavy atom. The van der Waals surface area contributed by atoms with Crippen LogP contribution in [0.4, 0.5) is 5.69 Å². The molecule has 0 aliphatic carbocycles. The van der Waals surface area contributed by atoms with Crippen LogP contribution in [0.5, 0.6) is 5.75 Å². The topological polar surface area (TPSA) is 79.8 Å². The highest BCUT2D eigenvalue weighted by Gasteiger charge is 2.06. The highest BCUT2D eigenvalue weighted by atomic mass is 79.9. The van der Waals surface area contributed by atoms with Crippen molar-refractivity contribution in [2.24, 2.45) is 5.10 Å². The Bertz CT molecular complexity index is 763. The van der Waals surface area contributed by atoms with Crippen LogP contribution < -0.4 is 15.5 Å². The summed E-state index contributed by atoms with van der Waals surface area (Å²) in [7, 11) is 1.59. The van der Waals surface area contributed by atoms with Crippen LogP contribution in [0, 0.1) is 0 Å². The molecular formula is C18H18BrN3O3. The van der Waals surface area contributed by atoms with Gasteiger partial charge in [0.15, 0.2) is 0 Å². The lowest BCUT2D eigenvalue weighted by atomic mass is 10.2. The SMILES string of the molecule is COc1ccc(C=NNC(=O)CCC(=O)Nc2ccccc2)cc1Br. The summed E-state index contributed by atoms with van der Waals surface area (Å²) in [6, 6.07) is 14.5. The van der Waals surface area contributed by atoms with Crippen molar-refractivity contribution in [3.8, 4) is 5.75 Å². The van der Waals surface area contributed by atoms with Crippen LogP contribution in [0.1, 0.15) is 18.4 Å². The molecule has 0 saturated carbocycles. The Balaban J connectivity index is 1.75. The van der Waals surface area contributed by atoms with E-state index < -0.39 is 0 Å². The maximum atomic E-state index is 11.8. The minimum atomic E-state index is -0.327. The molecule has 25 heavy (non-hydrogen) atoms. The molecule has 2 rings (SSSR count). The minimum Gasteiger partial charge on any atom is -0.496 e. The first-order valence-electron chi connectivity index (χ1n) is 7.59. The Morgan fingerprint density at radius 2 is 1.84 bits per heavy atom. The largest absolute Gasteiger partial charge is 0.496 e. The number of carbonyl (C=O) groups is 2. The standard InChI is InChI=1S/C18H18BrN3O3/c1-25-16-8-7-13(11-15(16)19)12-20-22-18(24)10-9-17(23)21-14-5-3-2-4-6-14/h2-8,11-12H,9-10H2,1H3,(H,21,23)(H,22,24). The van der Waals surface area contributed by atoms with Crippen molar-refractivity contribution in [2.75, 3.05) is 12.4 Å². The molecular weight excluding hydrogens is 386 g/mol. The highest BCUT2D eigenvalue weighted by molar-refractivity contribution is 9.10. The smallest absolute Gasteiger partial charge is 0.240 e. The van der Waals surface area contributed by atoms with E-state index in [1.54, 1.807) is 25.3 Å². The van der Waals surface area contributed by atoms with Crippen LogP contribution in [0.15, 0.2) is 58.1 Å². The molecule has 0 aliphatic heterocycles. The number of amides is 2. The van der Waals surface area contributed by atoms with Gasteiger partial charge in [0.2, 0.25) is 11.8 Å². The van der Waals surface area contributed by atoms with Gasteiger partial charge in [-0.15, -0.1) is 0 Å². The van der Waals surface area contributed by atoms with Crippen LogP contribution in [-0.2, 0) is 9.59 Å². The van der Waals surface area contributed by atoms with E-state index in [9.17, 15) is 9.59 Å². The average Bonchev–Trinajstić information content (AvgIpc) is 2.61. The molecule has 0 bridgehead atoms. The number of ether oxygens (including phenoxy) is 1. The molecule has 0 heterocycles. The van der Waals surface area contributed by atoms with Crippen LogP contribution in [0.3, 0.4) is 0 Å². The number of nitrogens with zero attached hydrogens (tertiary/aromatic N) is 1. The molecule has 0 unspecified atom stereocenters. The molecule has 6 nitrogen and oxygen atoms in total. The number of rotatable bonds is 7. The van der Waals surface area contributed by atoms with E-state index in [-0.39, 0.29) is 24.7 Å². The van der Waals surface area contributed by atoms with Gasteiger partial charge >= 0.3 is 0 Å². The number of methoxy groups -OCH3 is 1. The molecule has 2 N–H and O–H groups in total. The number of hydrazone groups is 1. The lowest BCUT2D eigenvalue weighted by Gasteiger charge is -2.04. The molecule has 0 fully saturated rings. The van der Waals surface area contributed by atoms with Crippen LogP contribution in [0.2, 0.25) is 0 Å². The van der Waals surface area contributed by atoms with Gasteiger partial charge in [0.1, 0.15) is 5.75 Å². The highest BCUT2D eigenvalue weighted by Crippen LogP contribution is 2.24. The average molecular weight is 404 g/mol. The molecule has 0 aliphatic rings. The second-order valence-electron chi connectivity index (χ2n) is 5.10.